The Morgan fingerprint density at radius 1 is 1.11 bits per heavy atom. The van der Waals surface area contributed by atoms with Crippen LogP contribution in [-0.4, -0.2) is 23.5 Å². The molecule has 0 atom stereocenters. The minimum Gasteiger partial charge on any atom is -0.334 e. The summed E-state index contributed by atoms with van der Waals surface area (Å²) < 4.78 is 0.681. The van der Waals surface area contributed by atoms with Crippen LogP contribution in [0.3, 0.4) is 0 Å². The lowest BCUT2D eigenvalue weighted by Crippen LogP contribution is -2.28. The molecule has 0 saturated heterocycles. The first-order valence-corrected chi connectivity index (χ1v) is 10.3. The van der Waals surface area contributed by atoms with E-state index in [2.05, 4.69) is 27.5 Å². The van der Waals surface area contributed by atoms with Crippen molar-refractivity contribution in [3.63, 3.8) is 0 Å². The minimum atomic E-state index is -0.321. The van der Waals surface area contributed by atoms with Crippen LogP contribution in [0.2, 0.25) is 4.34 Å². The van der Waals surface area contributed by atoms with Crippen LogP contribution >= 0.6 is 34.3 Å². The number of hydrogen-bond donors (Lipinski definition) is 3. The number of hydrogen-bond acceptors (Lipinski definition) is 5. The molecule has 144 valence electrons. The van der Waals surface area contributed by atoms with Crippen LogP contribution < -0.4 is 16.0 Å². The monoisotopic (exact) mass is 432 g/mol. The summed E-state index contributed by atoms with van der Waals surface area (Å²) in [5.74, 6) is -0.228. The Morgan fingerprint density at radius 3 is 2.39 bits per heavy atom. The van der Waals surface area contributed by atoms with Gasteiger partial charge in [0.15, 0.2) is 0 Å². The van der Waals surface area contributed by atoms with E-state index in [1.54, 1.807) is 37.3 Å². The molecule has 0 spiro atoms. The molecule has 3 rings (SSSR count). The van der Waals surface area contributed by atoms with Gasteiger partial charge in [-0.1, -0.05) is 17.7 Å². The Hall–Kier alpha value is -2.68. The van der Waals surface area contributed by atoms with Crippen LogP contribution in [0.25, 0.3) is 9.88 Å². The maximum absolute atomic E-state index is 12.6. The summed E-state index contributed by atoms with van der Waals surface area (Å²) >= 11 is 8.73. The van der Waals surface area contributed by atoms with Crippen LogP contribution in [0, 0.1) is 6.92 Å². The molecule has 2 heterocycles. The zero-order valence-corrected chi connectivity index (χ0v) is 17.3. The zero-order chi connectivity index (χ0) is 20.1. The zero-order valence-electron chi connectivity index (χ0n) is 14.9. The van der Waals surface area contributed by atoms with Crippen molar-refractivity contribution in [2.45, 2.75) is 6.92 Å². The number of carbonyl (C=O) groups is 2. The Morgan fingerprint density at radius 2 is 1.79 bits per heavy atom. The summed E-state index contributed by atoms with van der Waals surface area (Å²) in [7, 11) is 0. The smallest absolute Gasteiger partial charge is 0.319 e. The predicted molar refractivity (Wildman–Crippen MR) is 117 cm³/mol. The number of nitrogens with one attached hydrogen (secondary N) is 3. The highest BCUT2D eigenvalue weighted by atomic mass is 35.5. The summed E-state index contributed by atoms with van der Waals surface area (Å²) in [6.45, 7) is 5.73. The summed E-state index contributed by atoms with van der Waals surface area (Å²) in [4.78, 5) is 30.2. The molecule has 28 heavy (non-hydrogen) atoms. The molecule has 2 aromatic heterocycles. The maximum Gasteiger partial charge on any atom is 0.319 e. The third kappa shape index (κ3) is 4.98. The van der Waals surface area contributed by atoms with E-state index in [0.29, 0.717) is 32.8 Å². The summed E-state index contributed by atoms with van der Waals surface area (Å²) in [5.41, 5.74) is 1.90. The lowest BCUT2D eigenvalue weighted by molar-refractivity contribution is 0.103. The molecule has 0 aliphatic rings. The first-order valence-electron chi connectivity index (χ1n) is 8.26. The number of urea groups is 1. The van der Waals surface area contributed by atoms with E-state index in [9.17, 15) is 9.59 Å². The standard InChI is InChI=1S/C19H17ClN4O2S2/c1-3-10-21-19(26)24-13-6-4-12(5-7-13)23-17(25)16-11(2)22-18(28-16)14-8-9-15(20)27-14/h3-9H,1,10H2,2H3,(H,23,25)(H2,21,24,26). The van der Waals surface area contributed by atoms with Gasteiger partial charge in [0.05, 0.1) is 14.9 Å². The molecule has 1 aromatic carbocycles. The van der Waals surface area contributed by atoms with E-state index in [1.165, 1.54) is 22.7 Å². The largest absolute Gasteiger partial charge is 0.334 e. The third-order valence-electron chi connectivity index (χ3n) is 3.59. The average Bonchev–Trinajstić information content (AvgIpc) is 3.27. The second-order valence-corrected chi connectivity index (χ2v) is 8.41. The normalized spacial score (nSPS) is 10.4. The molecule has 3 aromatic rings. The summed E-state index contributed by atoms with van der Waals surface area (Å²) in [5, 5.41) is 8.93. The van der Waals surface area contributed by atoms with Crippen LogP contribution in [0.15, 0.2) is 49.1 Å². The molecule has 3 N–H and O–H groups in total. The molecule has 0 aliphatic heterocycles. The van der Waals surface area contributed by atoms with E-state index in [1.807, 2.05) is 12.1 Å². The molecule has 0 radical (unpaired) electrons. The quantitative estimate of drug-likeness (QED) is 0.456. The molecule has 0 unspecified atom stereocenters. The number of anilines is 2. The van der Waals surface area contributed by atoms with Gasteiger partial charge in [0.2, 0.25) is 0 Å². The number of rotatable bonds is 6. The van der Waals surface area contributed by atoms with Gasteiger partial charge < -0.3 is 16.0 Å². The molecule has 3 amide bonds. The van der Waals surface area contributed by atoms with Crippen LogP contribution in [0.1, 0.15) is 15.4 Å². The highest BCUT2D eigenvalue weighted by molar-refractivity contribution is 7.24. The van der Waals surface area contributed by atoms with E-state index >= 15 is 0 Å². The Bertz CT molecular complexity index is 1010. The molecule has 0 aliphatic carbocycles. The number of halogens is 1. The van der Waals surface area contributed by atoms with Gasteiger partial charge in [-0.25, -0.2) is 9.78 Å². The van der Waals surface area contributed by atoms with Gasteiger partial charge in [-0.15, -0.1) is 29.3 Å². The summed E-state index contributed by atoms with van der Waals surface area (Å²) in [6.07, 6.45) is 1.60. The Balaban J connectivity index is 1.65. The summed E-state index contributed by atoms with van der Waals surface area (Å²) in [6, 6.07) is 10.2. The number of thiophene rings is 1. The highest BCUT2D eigenvalue weighted by Crippen LogP contribution is 2.35. The second kappa shape index (κ2) is 9.01. The molecule has 9 heteroatoms. The van der Waals surface area contributed by atoms with Gasteiger partial charge in [0.1, 0.15) is 9.88 Å². The van der Waals surface area contributed by atoms with Gasteiger partial charge >= 0.3 is 6.03 Å². The fourth-order valence-electron chi connectivity index (χ4n) is 2.31. The molecular formula is C19H17ClN4O2S2. The van der Waals surface area contributed by atoms with E-state index in [0.717, 1.165) is 9.88 Å². The van der Waals surface area contributed by atoms with Crippen molar-refractivity contribution in [1.29, 1.82) is 0 Å². The highest BCUT2D eigenvalue weighted by Gasteiger charge is 2.17. The van der Waals surface area contributed by atoms with Crippen molar-refractivity contribution < 1.29 is 9.59 Å². The molecule has 6 nitrogen and oxygen atoms in total. The van der Waals surface area contributed by atoms with Crippen molar-refractivity contribution in [3.8, 4) is 9.88 Å². The number of amides is 3. The molecule has 0 fully saturated rings. The fourth-order valence-corrected chi connectivity index (χ4v) is 4.37. The third-order valence-corrected chi connectivity index (χ3v) is 6.15. The number of carbonyl (C=O) groups excluding carboxylic acids is 2. The van der Waals surface area contributed by atoms with Gasteiger partial charge in [0, 0.05) is 17.9 Å². The molecule has 0 saturated carbocycles. The van der Waals surface area contributed by atoms with E-state index < -0.39 is 0 Å². The van der Waals surface area contributed by atoms with E-state index in [4.69, 9.17) is 11.6 Å². The van der Waals surface area contributed by atoms with Crippen molar-refractivity contribution in [3.05, 3.63) is 64.0 Å². The molecule has 0 bridgehead atoms. The number of nitrogens with zero attached hydrogens (tertiary/aromatic N) is 1. The lowest BCUT2D eigenvalue weighted by atomic mass is 10.2. The van der Waals surface area contributed by atoms with E-state index in [-0.39, 0.29) is 11.9 Å². The van der Waals surface area contributed by atoms with Crippen molar-refractivity contribution in [2.24, 2.45) is 0 Å². The number of aryl methyl sites for hydroxylation is 1. The lowest BCUT2D eigenvalue weighted by Gasteiger charge is -2.08. The number of thiazole rings is 1. The molecular weight excluding hydrogens is 416 g/mol. The minimum absolute atomic E-state index is 0.228. The van der Waals surface area contributed by atoms with Crippen molar-refractivity contribution >= 4 is 57.6 Å². The SMILES string of the molecule is C=CCNC(=O)Nc1ccc(NC(=O)c2sc(-c3ccc(Cl)s3)nc2C)cc1. The predicted octanol–water partition coefficient (Wildman–Crippen LogP) is 5.39. The van der Waals surface area contributed by atoms with Crippen LogP contribution in [0.5, 0.6) is 0 Å². The van der Waals surface area contributed by atoms with Gasteiger partial charge in [-0.3, -0.25) is 4.79 Å². The van der Waals surface area contributed by atoms with Gasteiger partial charge in [-0.2, -0.15) is 0 Å². The Labute approximate surface area is 175 Å². The van der Waals surface area contributed by atoms with Crippen LogP contribution in [0.4, 0.5) is 16.2 Å². The first kappa shape index (κ1) is 20.1. The number of aromatic nitrogens is 1. The van der Waals surface area contributed by atoms with Crippen molar-refractivity contribution in [2.75, 3.05) is 17.2 Å². The average molecular weight is 433 g/mol. The van der Waals surface area contributed by atoms with Gasteiger partial charge in [0.25, 0.3) is 5.91 Å². The fraction of sp³-hybridized carbons (Fsp3) is 0.105. The maximum atomic E-state index is 12.6. The van der Waals surface area contributed by atoms with Crippen molar-refractivity contribution in [1.82, 2.24) is 10.3 Å². The second-order valence-electron chi connectivity index (χ2n) is 5.69. The van der Waals surface area contributed by atoms with Crippen LogP contribution in [-0.2, 0) is 0 Å². The topological polar surface area (TPSA) is 83.1 Å². The van der Waals surface area contributed by atoms with Gasteiger partial charge in [-0.05, 0) is 43.3 Å². The number of benzene rings is 1. The first-order chi connectivity index (χ1) is 13.5. The Kier molecular flexibility index (Phi) is 6.45.